The van der Waals surface area contributed by atoms with E-state index >= 15 is 0 Å². The van der Waals surface area contributed by atoms with Crippen LogP contribution in [-0.2, 0) is 4.74 Å². The molecule has 0 aliphatic carbocycles. The summed E-state index contributed by atoms with van der Waals surface area (Å²) >= 11 is 0. The summed E-state index contributed by atoms with van der Waals surface area (Å²) in [5.74, 6) is -0.255. The third-order valence-electron chi connectivity index (χ3n) is 3.08. The Kier molecular flexibility index (Phi) is 6.98. The van der Waals surface area contributed by atoms with E-state index < -0.39 is 10.7 Å². The number of nitro benzene ring substituents is 1. The minimum atomic E-state index is -0.525. The highest BCUT2D eigenvalue weighted by Crippen LogP contribution is 2.21. The van der Waals surface area contributed by atoms with Gasteiger partial charge < -0.3 is 10.1 Å². The lowest BCUT2D eigenvalue weighted by molar-refractivity contribution is -0.384. The largest absolute Gasteiger partial charge is 0.383 e. The van der Waals surface area contributed by atoms with Crippen molar-refractivity contribution in [2.75, 3.05) is 26.8 Å². The highest BCUT2D eigenvalue weighted by molar-refractivity contribution is 5.57. The van der Waals surface area contributed by atoms with Crippen molar-refractivity contribution >= 4 is 11.8 Å². The minimum Gasteiger partial charge on any atom is -0.383 e. The molecule has 0 fully saturated rings. The van der Waals surface area contributed by atoms with E-state index in [-0.39, 0.29) is 17.2 Å². The summed E-state index contributed by atoms with van der Waals surface area (Å²) in [6, 6.07) is 3.55. The first-order valence-electron chi connectivity index (χ1n) is 6.79. The van der Waals surface area contributed by atoms with E-state index in [2.05, 4.69) is 5.32 Å². The molecule has 1 aromatic carbocycles. The van der Waals surface area contributed by atoms with Crippen LogP contribution in [0.1, 0.15) is 19.4 Å². The van der Waals surface area contributed by atoms with Crippen molar-refractivity contribution in [2.45, 2.75) is 13.8 Å². The Hall–Kier alpha value is -1.79. The Balaban J connectivity index is 2.93. The van der Waals surface area contributed by atoms with E-state index in [0.29, 0.717) is 19.7 Å². The highest BCUT2D eigenvalue weighted by atomic mass is 19.1. The number of benzene rings is 1. The first kappa shape index (κ1) is 17.3. The molecule has 116 valence electrons. The van der Waals surface area contributed by atoms with E-state index in [1.54, 1.807) is 13.2 Å². The third kappa shape index (κ3) is 5.61. The van der Waals surface area contributed by atoms with E-state index in [9.17, 15) is 14.5 Å². The Morgan fingerprint density at radius 3 is 2.81 bits per heavy atom. The molecule has 1 rings (SSSR count). The van der Waals surface area contributed by atoms with Gasteiger partial charge in [0, 0.05) is 37.9 Å². The average Bonchev–Trinajstić information content (AvgIpc) is 2.43. The number of hydrogen-bond donors (Lipinski definition) is 1. The number of ether oxygens (including phenoxy) is 1. The second kappa shape index (κ2) is 8.49. The van der Waals surface area contributed by atoms with E-state index in [0.717, 1.165) is 11.6 Å². The quantitative estimate of drug-likeness (QED) is 0.455. The molecule has 21 heavy (non-hydrogen) atoms. The van der Waals surface area contributed by atoms with Gasteiger partial charge in [-0.15, -0.1) is 0 Å². The number of nitrogens with zero attached hydrogens (tertiary/aromatic N) is 1. The van der Waals surface area contributed by atoms with Gasteiger partial charge >= 0.3 is 0 Å². The summed E-state index contributed by atoms with van der Waals surface area (Å²) in [7, 11) is 1.62. The second-order valence-corrected chi connectivity index (χ2v) is 5.01. The van der Waals surface area contributed by atoms with E-state index in [1.807, 2.05) is 13.8 Å². The van der Waals surface area contributed by atoms with Gasteiger partial charge in [-0.2, -0.15) is 0 Å². The van der Waals surface area contributed by atoms with E-state index in [1.165, 1.54) is 12.1 Å². The zero-order valence-electron chi connectivity index (χ0n) is 12.6. The SMILES string of the molecule is COCCNC/C(=C/c1cc([N+](=O)[O-])ccc1F)C(C)C. The van der Waals surface area contributed by atoms with Gasteiger partial charge in [-0.1, -0.05) is 25.5 Å². The molecular weight excluding hydrogens is 275 g/mol. The van der Waals surface area contributed by atoms with Crippen LogP contribution < -0.4 is 5.32 Å². The number of halogens is 1. The lowest BCUT2D eigenvalue weighted by Gasteiger charge is -2.13. The average molecular weight is 296 g/mol. The Morgan fingerprint density at radius 1 is 1.52 bits per heavy atom. The maximum absolute atomic E-state index is 13.8. The number of nitro groups is 1. The lowest BCUT2D eigenvalue weighted by atomic mass is 9.99. The van der Waals surface area contributed by atoms with Gasteiger partial charge in [0.25, 0.3) is 5.69 Å². The molecule has 0 radical (unpaired) electrons. The number of rotatable bonds is 8. The maximum Gasteiger partial charge on any atom is 0.270 e. The predicted octanol–water partition coefficient (Wildman–Crippen LogP) is 3.01. The van der Waals surface area contributed by atoms with Gasteiger partial charge in [0.2, 0.25) is 0 Å². The van der Waals surface area contributed by atoms with Crippen molar-refractivity contribution in [1.82, 2.24) is 5.32 Å². The van der Waals surface area contributed by atoms with Crippen LogP contribution in [0.4, 0.5) is 10.1 Å². The first-order chi connectivity index (χ1) is 9.95. The van der Waals surface area contributed by atoms with Gasteiger partial charge in [0.1, 0.15) is 5.82 Å². The zero-order valence-corrected chi connectivity index (χ0v) is 12.6. The molecule has 6 heteroatoms. The molecule has 0 amide bonds. The monoisotopic (exact) mass is 296 g/mol. The number of hydrogen-bond acceptors (Lipinski definition) is 4. The fourth-order valence-corrected chi connectivity index (χ4v) is 1.78. The van der Waals surface area contributed by atoms with Crippen molar-refractivity contribution < 1.29 is 14.1 Å². The minimum absolute atomic E-state index is 0.113. The molecule has 0 saturated carbocycles. The number of methoxy groups -OCH3 is 1. The molecule has 0 unspecified atom stereocenters. The Labute approximate surface area is 124 Å². The van der Waals surface area contributed by atoms with Gasteiger partial charge in [-0.05, 0) is 12.0 Å². The molecule has 0 atom stereocenters. The Bertz CT molecular complexity index is 516. The van der Waals surface area contributed by atoms with Gasteiger partial charge in [0.15, 0.2) is 0 Å². The van der Waals surface area contributed by atoms with Crippen LogP contribution in [-0.4, -0.2) is 31.7 Å². The first-order valence-corrected chi connectivity index (χ1v) is 6.79. The molecule has 1 aromatic rings. The van der Waals surface area contributed by atoms with Crippen molar-refractivity contribution in [3.05, 3.63) is 45.3 Å². The van der Waals surface area contributed by atoms with Crippen LogP contribution in [0.3, 0.4) is 0 Å². The van der Waals surface area contributed by atoms with Crippen molar-refractivity contribution in [2.24, 2.45) is 5.92 Å². The van der Waals surface area contributed by atoms with E-state index in [4.69, 9.17) is 4.74 Å². The molecular formula is C15H21FN2O3. The Morgan fingerprint density at radius 2 is 2.24 bits per heavy atom. The van der Waals surface area contributed by atoms with Gasteiger partial charge in [-0.3, -0.25) is 10.1 Å². The summed E-state index contributed by atoms with van der Waals surface area (Å²) in [4.78, 5) is 10.2. The zero-order chi connectivity index (χ0) is 15.8. The summed E-state index contributed by atoms with van der Waals surface area (Å²) in [6.07, 6.45) is 1.67. The normalized spacial score (nSPS) is 12.0. The molecule has 5 nitrogen and oxygen atoms in total. The van der Waals surface area contributed by atoms with Crippen LogP contribution >= 0.6 is 0 Å². The van der Waals surface area contributed by atoms with Gasteiger partial charge in [0.05, 0.1) is 11.5 Å². The number of non-ortho nitro benzene ring substituents is 1. The van der Waals surface area contributed by atoms with Crippen LogP contribution in [0.15, 0.2) is 23.8 Å². The van der Waals surface area contributed by atoms with Crippen molar-refractivity contribution in [3.63, 3.8) is 0 Å². The van der Waals surface area contributed by atoms with Crippen LogP contribution in [0, 0.1) is 21.8 Å². The molecule has 0 aliphatic rings. The molecule has 0 heterocycles. The fourth-order valence-electron chi connectivity index (χ4n) is 1.78. The topological polar surface area (TPSA) is 64.4 Å². The fraction of sp³-hybridized carbons (Fsp3) is 0.467. The molecule has 0 aromatic heterocycles. The highest BCUT2D eigenvalue weighted by Gasteiger charge is 2.11. The molecule has 0 saturated heterocycles. The summed E-state index contributed by atoms with van der Waals surface area (Å²) in [5, 5.41) is 14.0. The van der Waals surface area contributed by atoms with Crippen LogP contribution in [0.5, 0.6) is 0 Å². The number of nitrogens with one attached hydrogen (secondary N) is 1. The predicted molar refractivity (Wildman–Crippen MR) is 80.6 cm³/mol. The van der Waals surface area contributed by atoms with Gasteiger partial charge in [-0.25, -0.2) is 4.39 Å². The maximum atomic E-state index is 13.8. The summed E-state index contributed by atoms with van der Waals surface area (Å²) in [6.45, 7) is 5.87. The summed E-state index contributed by atoms with van der Waals surface area (Å²) in [5.41, 5.74) is 1.10. The van der Waals surface area contributed by atoms with Crippen LogP contribution in [0.2, 0.25) is 0 Å². The molecule has 0 spiro atoms. The lowest BCUT2D eigenvalue weighted by Crippen LogP contribution is -2.23. The molecule has 0 aliphatic heterocycles. The molecule has 0 bridgehead atoms. The standard InChI is InChI=1S/C15H21FN2O3/c1-11(2)13(10-17-6-7-21-3)8-12-9-14(18(19)20)4-5-15(12)16/h4-5,8-9,11,17H,6-7,10H2,1-3H3/b13-8-. The third-order valence-corrected chi connectivity index (χ3v) is 3.08. The van der Waals surface area contributed by atoms with Crippen molar-refractivity contribution in [1.29, 1.82) is 0 Å². The van der Waals surface area contributed by atoms with Crippen LogP contribution in [0.25, 0.3) is 6.08 Å². The molecule has 1 N–H and O–H groups in total. The smallest absolute Gasteiger partial charge is 0.270 e. The van der Waals surface area contributed by atoms with Crippen molar-refractivity contribution in [3.8, 4) is 0 Å². The second-order valence-electron chi connectivity index (χ2n) is 5.01. The summed E-state index contributed by atoms with van der Waals surface area (Å²) < 4.78 is 18.7.